The smallest absolute Gasteiger partial charge is 0.266 e. The second-order valence-electron chi connectivity index (χ2n) is 5.63. The summed E-state index contributed by atoms with van der Waals surface area (Å²) >= 11 is 0. The number of hydrogen-bond acceptors (Lipinski definition) is 5. The van der Waals surface area contributed by atoms with Crippen molar-refractivity contribution in [3.05, 3.63) is 53.1 Å². The van der Waals surface area contributed by atoms with E-state index in [2.05, 4.69) is 5.32 Å². The molecule has 0 saturated carbocycles. The highest BCUT2D eigenvalue weighted by molar-refractivity contribution is 6.10. The molecule has 0 atom stereocenters. The fourth-order valence-electron chi connectivity index (χ4n) is 2.49. The highest BCUT2D eigenvalue weighted by atomic mass is 16.5. The Balaban J connectivity index is 2.38. The SMILES string of the molecule is CCOc1c(OC)cc(/C=C(/C#N)C(=O)Nc2ccccc2C)cc1OC. The standard InChI is InChI=1S/C21H22N2O4/c1-5-27-20-18(25-3)11-15(12-19(20)26-4)10-16(13-22)21(24)23-17-9-7-6-8-14(17)2/h6-12H,5H2,1-4H3,(H,23,24)/b16-10-. The van der Waals surface area contributed by atoms with Gasteiger partial charge in [-0.05, 0) is 49.2 Å². The van der Waals surface area contributed by atoms with Crippen molar-refractivity contribution in [2.24, 2.45) is 0 Å². The van der Waals surface area contributed by atoms with Gasteiger partial charge in [-0.15, -0.1) is 0 Å². The van der Waals surface area contributed by atoms with Crippen LogP contribution in [0.15, 0.2) is 42.0 Å². The Morgan fingerprint density at radius 3 is 2.33 bits per heavy atom. The number of nitrogens with zero attached hydrogens (tertiary/aromatic N) is 1. The van der Waals surface area contributed by atoms with E-state index in [-0.39, 0.29) is 5.57 Å². The molecule has 27 heavy (non-hydrogen) atoms. The van der Waals surface area contributed by atoms with E-state index in [1.54, 1.807) is 18.2 Å². The van der Waals surface area contributed by atoms with Crippen molar-refractivity contribution in [2.45, 2.75) is 13.8 Å². The van der Waals surface area contributed by atoms with Crippen LogP contribution in [-0.2, 0) is 4.79 Å². The molecule has 2 rings (SSSR count). The Bertz CT molecular complexity index is 872. The number of aryl methyl sites for hydroxylation is 1. The Morgan fingerprint density at radius 1 is 1.19 bits per heavy atom. The number of nitriles is 1. The van der Waals surface area contributed by atoms with E-state index in [0.29, 0.717) is 35.1 Å². The third-order valence-electron chi connectivity index (χ3n) is 3.84. The maximum atomic E-state index is 12.5. The summed E-state index contributed by atoms with van der Waals surface area (Å²) in [4.78, 5) is 12.5. The minimum absolute atomic E-state index is 0.0356. The summed E-state index contributed by atoms with van der Waals surface area (Å²) in [5.74, 6) is 0.902. The summed E-state index contributed by atoms with van der Waals surface area (Å²) < 4.78 is 16.3. The number of carbonyl (C=O) groups excluding carboxylic acids is 1. The molecule has 0 aliphatic rings. The minimum atomic E-state index is -0.487. The van der Waals surface area contributed by atoms with Crippen molar-refractivity contribution in [2.75, 3.05) is 26.1 Å². The molecular weight excluding hydrogens is 344 g/mol. The second-order valence-corrected chi connectivity index (χ2v) is 5.63. The van der Waals surface area contributed by atoms with Crippen LogP contribution in [-0.4, -0.2) is 26.7 Å². The minimum Gasteiger partial charge on any atom is -0.493 e. The topological polar surface area (TPSA) is 80.6 Å². The van der Waals surface area contributed by atoms with Crippen molar-refractivity contribution < 1.29 is 19.0 Å². The van der Waals surface area contributed by atoms with Crippen LogP contribution in [0, 0.1) is 18.3 Å². The third kappa shape index (κ3) is 4.79. The molecule has 140 valence electrons. The molecule has 2 aromatic rings. The van der Waals surface area contributed by atoms with Crippen LogP contribution in [0.3, 0.4) is 0 Å². The number of rotatable bonds is 7. The van der Waals surface area contributed by atoms with Crippen LogP contribution in [0.25, 0.3) is 6.08 Å². The van der Waals surface area contributed by atoms with Gasteiger partial charge in [-0.1, -0.05) is 18.2 Å². The lowest BCUT2D eigenvalue weighted by atomic mass is 10.1. The first kappa shape index (κ1) is 19.9. The molecule has 1 amide bonds. The molecule has 0 spiro atoms. The van der Waals surface area contributed by atoms with E-state index in [0.717, 1.165) is 5.56 Å². The zero-order valence-electron chi connectivity index (χ0n) is 15.8. The van der Waals surface area contributed by atoms with Gasteiger partial charge in [-0.25, -0.2) is 0 Å². The van der Waals surface area contributed by atoms with Crippen LogP contribution in [0.5, 0.6) is 17.2 Å². The van der Waals surface area contributed by atoms with Crippen LogP contribution in [0.4, 0.5) is 5.69 Å². The van der Waals surface area contributed by atoms with E-state index >= 15 is 0 Å². The number of methoxy groups -OCH3 is 2. The van der Waals surface area contributed by atoms with E-state index < -0.39 is 5.91 Å². The normalized spacial score (nSPS) is 10.7. The number of para-hydroxylation sites is 1. The molecule has 1 N–H and O–H groups in total. The quantitative estimate of drug-likeness (QED) is 0.593. The summed E-state index contributed by atoms with van der Waals surface area (Å²) in [6.07, 6.45) is 1.48. The number of carbonyl (C=O) groups is 1. The predicted molar refractivity (Wildman–Crippen MR) is 104 cm³/mol. The lowest BCUT2D eigenvalue weighted by Crippen LogP contribution is -2.14. The van der Waals surface area contributed by atoms with E-state index in [9.17, 15) is 10.1 Å². The summed E-state index contributed by atoms with van der Waals surface area (Å²) in [6, 6.07) is 12.7. The highest BCUT2D eigenvalue weighted by Gasteiger charge is 2.15. The molecule has 0 saturated heterocycles. The Labute approximate surface area is 159 Å². The molecule has 0 aliphatic carbocycles. The average Bonchev–Trinajstić information content (AvgIpc) is 2.68. The average molecular weight is 366 g/mol. The van der Waals surface area contributed by atoms with Crippen molar-refractivity contribution in [3.63, 3.8) is 0 Å². The number of benzene rings is 2. The zero-order valence-corrected chi connectivity index (χ0v) is 15.8. The maximum Gasteiger partial charge on any atom is 0.266 e. The molecule has 0 bridgehead atoms. The van der Waals surface area contributed by atoms with Gasteiger partial charge in [0.25, 0.3) is 5.91 Å². The Kier molecular flexibility index (Phi) is 6.84. The fourth-order valence-corrected chi connectivity index (χ4v) is 2.49. The lowest BCUT2D eigenvalue weighted by Gasteiger charge is -2.14. The van der Waals surface area contributed by atoms with E-state index in [1.165, 1.54) is 20.3 Å². The molecule has 0 unspecified atom stereocenters. The van der Waals surface area contributed by atoms with Gasteiger partial charge in [0, 0.05) is 5.69 Å². The van der Waals surface area contributed by atoms with E-state index in [1.807, 2.05) is 38.1 Å². The molecule has 2 aromatic carbocycles. The van der Waals surface area contributed by atoms with Gasteiger partial charge in [0.15, 0.2) is 11.5 Å². The number of anilines is 1. The third-order valence-corrected chi connectivity index (χ3v) is 3.84. The van der Waals surface area contributed by atoms with Crippen molar-refractivity contribution in [1.82, 2.24) is 0 Å². The van der Waals surface area contributed by atoms with Crippen LogP contribution in [0.1, 0.15) is 18.1 Å². The summed E-state index contributed by atoms with van der Waals surface area (Å²) in [5.41, 5.74) is 2.12. The van der Waals surface area contributed by atoms with E-state index in [4.69, 9.17) is 14.2 Å². The summed E-state index contributed by atoms with van der Waals surface area (Å²) in [7, 11) is 3.03. The Hall–Kier alpha value is -3.46. The summed E-state index contributed by atoms with van der Waals surface area (Å²) in [6.45, 7) is 4.19. The number of amides is 1. The molecule has 0 fully saturated rings. The maximum absolute atomic E-state index is 12.5. The summed E-state index contributed by atoms with van der Waals surface area (Å²) in [5, 5.41) is 12.2. The van der Waals surface area contributed by atoms with Crippen molar-refractivity contribution in [1.29, 1.82) is 5.26 Å². The second kappa shape index (κ2) is 9.30. The number of nitrogens with one attached hydrogen (secondary N) is 1. The first-order chi connectivity index (χ1) is 13.0. The number of ether oxygens (including phenoxy) is 3. The largest absolute Gasteiger partial charge is 0.493 e. The van der Waals surface area contributed by atoms with Gasteiger partial charge < -0.3 is 19.5 Å². The molecule has 6 heteroatoms. The van der Waals surface area contributed by atoms with Crippen LogP contribution in [0.2, 0.25) is 0 Å². The van der Waals surface area contributed by atoms with Gasteiger partial charge in [0.1, 0.15) is 11.6 Å². The van der Waals surface area contributed by atoms with Crippen LogP contribution >= 0.6 is 0 Å². The molecule has 0 radical (unpaired) electrons. The van der Waals surface area contributed by atoms with Crippen molar-refractivity contribution >= 4 is 17.7 Å². The first-order valence-electron chi connectivity index (χ1n) is 8.41. The molecular formula is C21H22N2O4. The predicted octanol–water partition coefficient (Wildman–Crippen LogP) is 3.96. The molecule has 0 aliphatic heterocycles. The monoisotopic (exact) mass is 366 g/mol. The zero-order chi connectivity index (χ0) is 19.8. The highest BCUT2D eigenvalue weighted by Crippen LogP contribution is 2.39. The first-order valence-corrected chi connectivity index (χ1v) is 8.41. The molecule has 0 heterocycles. The van der Waals surface area contributed by atoms with Gasteiger partial charge in [-0.2, -0.15) is 5.26 Å². The molecule has 6 nitrogen and oxygen atoms in total. The Morgan fingerprint density at radius 2 is 1.81 bits per heavy atom. The lowest BCUT2D eigenvalue weighted by molar-refractivity contribution is -0.112. The van der Waals surface area contributed by atoms with Gasteiger partial charge in [-0.3, -0.25) is 4.79 Å². The van der Waals surface area contributed by atoms with Gasteiger partial charge in [0.2, 0.25) is 5.75 Å². The van der Waals surface area contributed by atoms with Crippen LogP contribution < -0.4 is 19.5 Å². The fraction of sp³-hybridized carbons (Fsp3) is 0.238. The van der Waals surface area contributed by atoms with Gasteiger partial charge >= 0.3 is 0 Å². The van der Waals surface area contributed by atoms with Gasteiger partial charge in [0.05, 0.1) is 20.8 Å². The molecule has 0 aromatic heterocycles. The number of hydrogen-bond donors (Lipinski definition) is 1. The van der Waals surface area contributed by atoms with Crippen molar-refractivity contribution in [3.8, 4) is 23.3 Å².